The van der Waals surface area contributed by atoms with Crippen molar-refractivity contribution < 1.29 is 0 Å². The van der Waals surface area contributed by atoms with E-state index >= 15 is 0 Å². The van der Waals surface area contributed by atoms with Gasteiger partial charge in [0.1, 0.15) is 0 Å². The number of hydrogen-bond acceptors (Lipinski definition) is 3. The number of piperazine rings is 1. The summed E-state index contributed by atoms with van der Waals surface area (Å²) in [6, 6.07) is 25.2. The molecule has 1 aliphatic heterocycles. The Bertz CT molecular complexity index is 942. The van der Waals surface area contributed by atoms with Crippen LogP contribution >= 0.6 is 47.4 Å². The van der Waals surface area contributed by atoms with Crippen LogP contribution in [0.25, 0.3) is 0 Å². The standard InChI is InChI=1S/C24H24Cl2N2S.ClH/c1-18(27-13-15-28(16-14-27)21-5-3-2-4-6-21)23-17-20(26)9-12-24(23)29-22-10-7-19(25)8-11-22;/h2-12,17-18H,13-16H2,1H3;1H. The van der Waals surface area contributed by atoms with Crippen LogP contribution in [0.4, 0.5) is 5.69 Å². The predicted molar refractivity (Wildman–Crippen MR) is 133 cm³/mol. The van der Waals surface area contributed by atoms with Crippen molar-refractivity contribution in [2.45, 2.75) is 22.8 Å². The maximum absolute atomic E-state index is 6.37. The Morgan fingerprint density at radius 2 is 1.43 bits per heavy atom. The van der Waals surface area contributed by atoms with E-state index in [-0.39, 0.29) is 12.4 Å². The largest absolute Gasteiger partial charge is 0.369 e. The summed E-state index contributed by atoms with van der Waals surface area (Å²) in [4.78, 5) is 7.44. The smallest absolute Gasteiger partial charge is 0.0410 e. The van der Waals surface area contributed by atoms with Crippen LogP contribution in [0.5, 0.6) is 0 Å². The van der Waals surface area contributed by atoms with Crippen molar-refractivity contribution in [2.75, 3.05) is 31.1 Å². The van der Waals surface area contributed by atoms with E-state index in [9.17, 15) is 0 Å². The number of benzene rings is 3. The van der Waals surface area contributed by atoms with Gasteiger partial charge in [-0.1, -0.05) is 53.2 Å². The van der Waals surface area contributed by atoms with Crippen LogP contribution in [0.15, 0.2) is 82.6 Å². The Morgan fingerprint density at radius 3 is 2.10 bits per heavy atom. The van der Waals surface area contributed by atoms with E-state index in [0.717, 1.165) is 36.2 Å². The number of para-hydroxylation sites is 1. The van der Waals surface area contributed by atoms with Crippen LogP contribution in [-0.4, -0.2) is 31.1 Å². The molecule has 1 atom stereocenters. The van der Waals surface area contributed by atoms with Gasteiger partial charge in [-0.2, -0.15) is 0 Å². The fourth-order valence-electron chi connectivity index (χ4n) is 3.77. The van der Waals surface area contributed by atoms with Gasteiger partial charge in [0.2, 0.25) is 0 Å². The van der Waals surface area contributed by atoms with Crippen LogP contribution in [0, 0.1) is 0 Å². The SMILES string of the molecule is CC(c1cc(Cl)ccc1Sc1ccc(Cl)cc1)N1CCN(c2ccccc2)CC1.Cl. The Labute approximate surface area is 199 Å². The summed E-state index contributed by atoms with van der Waals surface area (Å²) in [6.45, 7) is 6.43. The van der Waals surface area contributed by atoms with Crippen LogP contribution in [0.1, 0.15) is 18.5 Å². The summed E-state index contributed by atoms with van der Waals surface area (Å²) in [5, 5.41) is 1.55. The molecule has 158 valence electrons. The molecule has 0 radical (unpaired) electrons. The van der Waals surface area contributed by atoms with Gasteiger partial charge < -0.3 is 4.90 Å². The van der Waals surface area contributed by atoms with E-state index in [2.05, 4.69) is 71.3 Å². The lowest BCUT2D eigenvalue weighted by atomic mass is 10.1. The molecule has 1 unspecified atom stereocenters. The number of hydrogen-bond donors (Lipinski definition) is 0. The minimum atomic E-state index is 0. The van der Waals surface area contributed by atoms with Crippen LogP contribution < -0.4 is 4.90 Å². The highest BCUT2D eigenvalue weighted by Gasteiger charge is 2.24. The molecular weight excluding hydrogens is 455 g/mol. The molecule has 4 rings (SSSR count). The molecule has 0 spiro atoms. The zero-order chi connectivity index (χ0) is 20.2. The van der Waals surface area contributed by atoms with Gasteiger partial charge >= 0.3 is 0 Å². The van der Waals surface area contributed by atoms with Gasteiger partial charge in [-0.15, -0.1) is 12.4 Å². The van der Waals surface area contributed by atoms with Gasteiger partial charge in [-0.05, 0) is 67.1 Å². The Kier molecular flexibility index (Phi) is 8.38. The molecule has 1 saturated heterocycles. The van der Waals surface area contributed by atoms with E-state index in [1.54, 1.807) is 11.8 Å². The number of halogens is 3. The monoisotopic (exact) mass is 478 g/mol. The first kappa shape index (κ1) is 23.3. The van der Waals surface area contributed by atoms with Crippen molar-refractivity contribution >= 4 is 53.1 Å². The third kappa shape index (κ3) is 5.66. The molecule has 1 fully saturated rings. The summed E-state index contributed by atoms with van der Waals surface area (Å²) >= 11 is 14.2. The lowest BCUT2D eigenvalue weighted by molar-refractivity contribution is 0.196. The van der Waals surface area contributed by atoms with Gasteiger partial charge in [0.05, 0.1) is 0 Å². The minimum Gasteiger partial charge on any atom is -0.369 e. The Hall–Kier alpha value is -1.36. The second-order valence-electron chi connectivity index (χ2n) is 7.27. The first-order valence-electron chi connectivity index (χ1n) is 9.87. The zero-order valence-electron chi connectivity index (χ0n) is 16.8. The van der Waals surface area contributed by atoms with E-state index < -0.39 is 0 Å². The van der Waals surface area contributed by atoms with Crippen molar-refractivity contribution in [3.8, 4) is 0 Å². The molecule has 3 aromatic carbocycles. The highest BCUT2D eigenvalue weighted by Crippen LogP contribution is 2.37. The molecule has 0 N–H and O–H groups in total. The number of anilines is 1. The molecule has 3 aromatic rings. The summed E-state index contributed by atoms with van der Waals surface area (Å²) in [7, 11) is 0. The number of rotatable bonds is 5. The maximum Gasteiger partial charge on any atom is 0.0410 e. The van der Waals surface area contributed by atoms with Crippen molar-refractivity contribution in [1.82, 2.24) is 4.90 Å². The van der Waals surface area contributed by atoms with Crippen LogP contribution in [0.2, 0.25) is 10.0 Å². The summed E-state index contributed by atoms with van der Waals surface area (Å²) in [5.41, 5.74) is 2.59. The molecule has 6 heteroatoms. The van der Waals surface area contributed by atoms with E-state index in [1.165, 1.54) is 21.0 Å². The van der Waals surface area contributed by atoms with Gasteiger partial charge in [0.15, 0.2) is 0 Å². The van der Waals surface area contributed by atoms with Crippen LogP contribution in [0.3, 0.4) is 0 Å². The first-order chi connectivity index (χ1) is 14.1. The molecular formula is C24H25Cl3N2S. The molecule has 2 nitrogen and oxygen atoms in total. The topological polar surface area (TPSA) is 6.48 Å². The average molecular weight is 480 g/mol. The van der Waals surface area contributed by atoms with Crippen molar-refractivity contribution in [2.24, 2.45) is 0 Å². The Balaban J connectivity index is 0.00000256. The lowest BCUT2D eigenvalue weighted by Crippen LogP contribution is -2.47. The lowest BCUT2D eigenvalue weighted by Gasteiger charge is -2.39. The van der Waals surface area contributed by atoms with Gasteiger partial charge in [0.25, 0.3) is 0 Å². The highest BCUT2D eigenvalue weighted by atomic mass is 35.5. The van der Waals surface area contributed by atoms with Crippen molar-refractivity contribution in [1.29, 1.82) is 0 Å². The maximum atomic E-state index is 6.37. The van der Waals surface area contributed by atoms with Crippen LogP contribution in [-0.2, 0) is 0 Å². The third-order valence-corrected chi connectivity index (χ3v) is 7.03. The third-order valence-electron chi connectivity index (χ3n) is 5.45. The van der Waals surface area contributed by atoms with Gasteiger partial charge in [-0.3, -0.25) is 4.90 Å². The summed E-state index contributed by atoms with van der Waals surface area (Å²) in [5.74, 6) is 0. The highest BCUT2D eigenvalue weighted by molar-refractivity contribution is 7.99. The molecule has 1 aliphatic rings. The fourth-order valence-corrected chi connectivity index (χ4v) is 5.09. The second-order valence-corrected chi connectivity index (χ2v) is 9.26. The molecule has 30 heavy (non-hydrogen) atoms. The molecule has 0 amide bonds. The summed E-state index contributed by atoms with van der Waals surface area (Å²) < 4.78 is 0. The van der Waals surface area contributed by atoms with E-state index in [4.69, 9.17) is 23.2 Å². The molecule has 0 saturated carbocycles. The van der Waals surface area contributed by atoms with E-state index in [0.29, 0.717) is 6.04 Å². The second kappa shape index (κ2) is 10.8. The zero-order valence-corrected chi connectivity index (χ0v) is 19.9. The minimum absolute atomic E-state index is 0. The molecule has 0 aromatic heterocycles. The predicted octanol–water partition coefficient (Wildman–Crippen LogP) is 7.45. The summed E-state index contributed by atoms with van der Waals surface area (Å²) in [6.07, 6.45) is 0. The van der Waals surface area contributed by atoms with Gasteiger partial charge in [-0.25, -0.2) is 0 Å². The average Bonchev–Trinajstić information content (AvgIpc) is 2.77. The quantitative estimate of drug-likeness (QED) is 0.375. The van der Waals surface area contributed by atoms with Crippen molar-refractivity contribution in [3.63, 3.8) is 0 Å². The number of nitrogens with zero attached hydrogens (tertiary/aromatic N) is 2. The van der Waals surface area contributed by atoms with Crippen molar-refractivity contribution in [3.05, 3.63) is 88.4 Å². The molecule has 0 bridgehead atoms. The molecule has 1 heterocycles. The molecule has 0 aliphatic carbocycles. The van der Waals surface area contributed by atoms with Gasteiger partial charge in [0, 0.05) is 57.7 Å². The van der Waals surface area contributed by atoms with E-state index in [1.807, 2.05) is 18.2 Å². The first-order valence-corrected chi connectivity index (χ1v) is 11.4. The normalized spacial score (nSPS) is 15.5. The Morgan fingerprint density at radius 1 is 0.800 bits per heavy atom. The fraction of sp³-hybridized carbons (Fsp3) is 0.250.